The lowest BCUT2D eigenvalue weighted by Crippen LogP contribution is -2.47. The highest BCUT2D eigenvalue weighted by atomic mass is 35.5. The fraction of sp³-hybridized carbons (Fsp3) is 0.533. The largest absolute Gasteiger partial charge is 0.336 e. The SMILES string of the molecule is O=C(Cc1ccc(F)cc1)N1C2CCC1CC(Cl)C2. The van der Waals surface area contributed by atoms with Crippen molar-refractivity contribution < 1.29 is 9.18 Å². The van der Waals surface area contributed by atoms with Crippen molar-refractivity contribution in [3.8, 4) is 0 Å². The average Bonchev–Trinajstić information content (AvgIpc) is 2.65. The predicted molar refractivity (Wildman–Crippen MR) is 72.6 cm³/mol. The van der Waals surface area contributed by atoms with Crippen LogP contribution < -0.4 is 0 Å². The van der Waals surface area contributed by atoms with Crippen LogP contribution in [0.4, 0.5) is 4.39 Å². The monoisotopic (exact) mass is 281 g/mol. The molecule has 2 heterocycles. The van der Waals surface area contributed by atoms with Crippen LogP contribution in [-0.2, 0) is 11.2 Å². The maximum atomic E-state index is 12.8. The third-order valence-electron chi connectivity index (χ3n) is 4.23. The third kappa shape index (κ3) is 2.62. The van der Waals surface area contributed by atoms with Crippen LogP contribution in [0.15, 0.2) is 24.3 Å². The van der Waals surface area contributed by atoms with Crippen molar-refractivity contribution in [2.75, 3.05) is 0 Å². The number of carbonyl (C=O) groups excluding carboxylic acids is 1. The number of fused-ring (bicyclic) bond motifs is 2. The Morgan fingerprint density at radius 3 is 2.37 bits per heavy atom. The molecule has 0 radical (unpaired) electrons. The maximum absolute atomic E-state index is 12.8. The van der Waals surface area contributed by atoms with Crippen LogP contribution in [0.2, 0.25) is 0 Å². The normalized spacial score (nSPS) is 29.6. The van der Waals surface area contributed by atoms with Crippen molar-refractivity contribution in [2.45, 2.75) is 49.6 Å². The van der Waals surface area contributed by atoms with Crippen LogP contribution in [0.5, 0.6) is 0 Å². The molecule has 2 fully saturated rings. The molecule has 2 atom stereocenters. The molecule has 3 rings (SSSR count). The van der Waals surface area contributed by atoms with Gasteiger partial charge in [0.15, 0.2) is 0 Å². The number of alkyl halides is 1. The van der Waals surface area contributed by atoms with Crippen LogP contribution in [-0.4, -0.2) is 28.3 Å². The molecule has 2 aliphatic rings. The van der Waals surface area contributed by atoms with E-state index >= 15 is 0 Å². The third-order valence-corrected chi connectivity index (χ3v) is 4.59. The minimum atomic E-state index is -0.265. The van der Waals surface area contributed by atoms with Crippen LogP contribution in [0.3, 0.4) is 0 Å². The highest BCUT2D eigenvalue weighted by Crippen LogP contribution is 2.38. The Morgan fingerprint density at radius 1 is 1.21 bits per heavy atom. The van der Waals surface area contributed by atoms with Crippen LogP contribution in [0, 0.1) is 5.82 Å². The highest BCUT2D eigenvalue weighted by Gasteiger charge is 2.42. The van der Waals surface area contributed by atoms with E-state index in [9.17, 15) is 9.18 Å². The van der Waals surface area contributed by atoms with Crippen molar-refractivity contribution in [2.24, 2.45) is 0 Å². The molecule has 19 heavy (non-hydrogen) atoms. The van der Waals surface area contributed by atoms with Crippen LogP contribution >= 0.6 is 11.6 Å². The van der Waals surface area contributed by atoms with Gasteiger partial charge in [-0.3, -0.25) is 4.79 Å². The lowest BCUT2D eigenvalue weighted by Gasteiger charge is -2.37. The zero-order chi connectivity index (χ0) is 13.4. The molecule has 0 N–H and O–H groups in total. The molecule has 1 amide bonds. The predicted octanol–water partition coefficient (Wildman–Crippen LogP) is 3.13. The summed E-state index contributed by atoms with van der Waals surface area (Å²) in [5.41, 5.74) is 0.874. The molecule has 4 heteroatoms. The van der Waals surface area contributed by atoms with Crippen LogP contribution in [0.1, 0.15) is 31.2 Å². The van der Waals surface area contributed by atoms with Gasteiger partial charge in [0.05, 0.1) is 6.42 Å². The molecule has 0 saturated carbocycles. The van der Waals surface area contributed by atoms with Gasteiger partial charge in [0.25, 0.3) is 0 Å². The number of amides is 1. The fourth-order valence-electron chi connectivity index (χ4n) is 3.39. The summed E-state index contributed by atoms with van der Waals surface area (Å²) < 4.78 is 12.8. The summed E-state index contributed by atoms with van der Waals surface area (Å²) in [7, 11) is 0. The summed E-state index contributed by atoms with van der Waals surface area (Å²) >= 11 is 6.21. The highest BCUT2D eigenvalue weighted by molar-refractivity contribution is 6.20. The van der Waals surface area contributed by atoms with Crippen molar-refractivity contribution >= 4 is 17.5 Å². The van der Waals surface area contributed by atoms with Gasteiger partial charge in [-0.05, 0) is 43.4 Å². The molecule has 0 aromatic heterocycles. The molecule has 2 unspecified atom stereocenters. The molecule has 102 valence electrons. The standard InChI is InChI=1S/C15H17ClFNO/c16-11-8-13-5-6-14(9-11)18(13)15(19)7-10-1-3-12(17)4-2-10/h1-4,11,13-14H,5-9H2. The molecule has 2 bridgehead atoms. The first kappa shape index (κ1) is 12.9. The summed E-state index contributed by atoms with van der Waals surface area (Å²) in [6.45, 7) is 0. The maximum Gasteiger partial charge on any atom is 0.227 e. The molecular weight excluding hydrogens is 265 g/mol. The van der Waals surface area contributed by atoms with E-state index in [0.29, 0.717) is 18.5 Å². The number of hydrogen-bond acceptors (Lipinski definition) is 1. The number of piperidine rings is 1. The van der Waals surface area contributed by atoms with Crippen LogP contribution in [0.25, 0.3) is 0 Å². The second-order valence-corrected chi connectivity index (χ2v) is 6.18. The van der Waals surface area contributed by atoms with E-state index in [0.717, 1.165) is 31.2 Å². The lowest BCUT2D eigenvalue weighted by molar-refractivity contribution is -0.134. The fourth-order valence-corrected chi connectivity index (χ4v) is 3.80. The Labute approximate surface area is 117 Å². The van der Waals surface area contributed by atoms with Gasteiger partial charge in [-0.25, -0.2) is 4.39 Å². The summed E-state index contributed by atoms with van der Waals surface area (Å²) in [6.07, 6.45) is 4.33. The summed E-state index contributed by atoms with van der Waals surface area (Å²) in [6, 6.07) is 6.81. The van der Waals surface area contributed by atoms with E-state index in [1.54, 1.807) is 12.1 Å². The quantitative estimate of drug-likeness (QED) is 0.763. The number of benzene rings is 1. The number of nitrogens with zero attached hydrogens (tertiary/aromatic N) is 1. The molecule has 1 aromatic rings. The van der Waals surface area contributed by atoms with Gasteiger partial charge in [0.1, 0.15) is 5.82 Å². The number of hydrogen-bond donors (Lipinski definition) is 0. The number of carbonyl (C=O) groups is 1. The summed E-state index contributed by atoms with van der Waals surface area (Å²) in [4.78, 5) is 14.4. The first-order chi connectivity index (χ1) is 9.13. The van der Waals surface area contributed by atoms with Gasteiger partial charge in [-0.15, -0.1) is 11.6 Å². The molecule has 2 aliphatic heterocycles. The first-order valence-electron chi connectivity index (χ1n) is 6.83. The Morgan fingerprint density at radius 2 is 1.79 bits per heavy atom. The molecule has 1 aromatic carbocycles. The Hall–Kier alpha value is -1.09. The van der Waals surface area contributed by atoms with Crippen molar-refractivity contribution in [1.82, 2.24) is 4.90 Å². The summed E-state index contributed by atoms with van der Waals surface area (Å²) in [5.74, 6) is -0.109. The second-order valence-electron chi connectivity index (χ2n) is 5.56. The van der Waals surface area contributed by atoms with Gasteiger partial charge in [-0.1, -0.05) is 12.1 Å². The molecule has 2 saturated heterocycles. The Kier molecular flexibility index (Phi) is 3.48. The molecule has 0 spiro atoms. The van der Waals surface area contributed by atoms with E-state index in [2.05, 4.69) is 0 Å². The van der Waals surface area contributed by atoms with E-state index < -0.39 is 0 Å². The summed E-state index contributed by atoms with van der Waals surface area (Å²) in [5, 5.41) is 0.215. The minimum absolute atomic E-state index is 0.155. The van der Waals surface area contributed by atoms with E-state index in [4.69, 9.17) is 11.6 Å². The second kappa shape index (κ2) is 5.12. The topological polar surface area (TPSA) is 20.3 Å². The first-order valence-corrected chi connectivity index (χ1v) is 7.27. The number of halogens is 2. The van der Waals surface area contributed by atoms with E-state index in [1.165, 1.54) is 12.1 Å². The average molecular weight is 282 g/mol. The zero-order valence-corrected chi connectivity index (χ0v) is 11.4. The molecule has 2 nitrogen and oxygen atoms in total. The van der Waals surface area contributed by atoms with Gasteiger partial charge in [0, 0.05) is 17.5 Å². The van der Waals surface area contributed by atoms with E-state index in [1.807, 2.05) is 4.90 Å². The Balaban J connectivity index is 1.69. The van der Waals surface area contributed by atoms with Crippen molar-refractivity contribution in [1.29, 1.82) is 0 Å². The van der Waals surface area contributed by atoms with Gasteiger partial charge < -0.3 is 4.90 Å². The molecule has 0 aliphatic carbocycles. The van der Waals surface area contributed by atoms with Crippen molar-refractivity contribution in [3.05, 3.63) is 35.6 Å². The minimum Gasteiger partial charge on any atom is -0.336 e. The van der Waals surface area contributed by atoms with E-state index in [-0.39, 0.29) is 17.1 Å². The van der Waals surface area contributed by atoms with Crippen molar-refractivity contribution in [3.63, 3.8) is 0 Å². The van der Waals surface area contributed by atoms with Gasteiger partial charge in [-0.2, -0.15) is 0 Å². The van der Waals surface area contributed by atoms with Gasteiger partial charge >= 0.3 is 0 Å². The molecular formula is C15H17ClFNO. The Bertz CT molecular complexity index is 462. The lowest BCUT2D eigenvalue weighted by atomic mass is 10.0. The van der Waals surface area contributed by atoms with Gasteiger partial charge in [0.2, 0.25) is 5.91 Å². The number of rotatable bonds is 2. The zero-order valence-electron chi connectivity index (χ0n) is 10.7. The smallest absolute Gasteiger partial charge is 0.227 e.